The van der Waals surface area contributed by atoms with Gasteiger partial charge in [-0.3, -0.25) is 0 Å². The molecule has 2 heterocycles. The maximum absolute atomic E-state index is 5.99. The van der Waals surface area contributed by atoms with E-state index in [-0.39, 0.29) is 6.04 Å². The van der Waals surface area contributed by atoms with Crippen LogP contribution in [0.1, 0.15) is 17.2 Å². The van der Waals surface area contributed by atoms with Crippen molar-refractivity contribution in [2.75, 3.05) is 0 Å². The summed E-state index contributed by atoms with van der Waals surface area (Å²) in [5, 5.41) is 4.53. The molecule has 1 atom stereocenters. The lowest BCUT2D eigenvalue weighted by atomic mass is 10.0. The first-order valence-corrected chi connectivity index (χ1v) is 5.59. The van der Waals surface area contributed by atoms with Gasteiger partial charge in [0.15, 0.2) is 5.22 Å². The van der Waals surface area contributed by atoms with Gasteiger partial charge in [-0.2, -0.15) is 11.3 Å². The van der Waals surface area contributed by atoms with Crippen LogP contribution in [0.5, 0.6) is 0 Å². The second-order valence-electron chi connectivity index (χ2n) is 3.09. The second kappa shape index (κ2) is 4.17. The minimum Gasteiger partial charge on any atom is -0.453 e. The van der Waals surface area contributed by atoms with Crippen molar-refractivity contribution in [3.05, 3.63) is 45.5 Å². The Kier molecular flexibility index (Phi) is 2.91. The Morgan fingerprint density at radius 2 is 2.36 bits per heavy atom. The minimum absolute atomic E-state index is 0.0872. The third-order valence-electron chi connectivity index (χ3n) is 2.08. The first-order chi connectivity index (χ1) is 6.77. The fourth-order valence-electron chi connectivity index (χ4n) is 1.34. The van der Waals surface area contributed by atoms with E-state index < -0.39 is 0 Å². The number of hydrogen-bond acceptors (Lipinski definition) is 3. The van der Waals surface area contributed by atoms with Crippen molar-refractivity contribution < 1.29 is 4.42 Å². The van der Waals surface area contributed by atoms with E-state index in [0.29, 0.717) is 5.22 Å². The van der Waals surface area contributed by atoms with Gasteiger partial charge in [-0.25, -0.2) is 0 Å². The van der Waals surface area contributed by atoms with E-state index >= 15 is 0 Å². The van der Waals surface area contributed by atoms with Crippen LogP contribution < -0.4 is 5.73 Å². The van der Waals surface area contributed by atoms with Crippen LogP contribution >= 0.6 is 22.9 Å². The minimum atomic E-state index is -0.0872. The highest BCUT2D eigenvalue weighted by atomic mass is 35.5. The average molecular weight is 228 g/mol. The van der Waals surface area contributed by atoms with Gasteiger partial charge < -0.3 is 10.2 Å². The second-order valence-corrected chi connectivity index (χ2v) is 4.22. The Bertz CT molecular complexity index is 396. The standard InChI is InChI=1S/C10H10ClNOS/c11-10-8(1-3-13-10)9(12)5-7-2-4-14-6-7/h1-4,6,9H,5,12H2. The fourth-order valence-corrected chi connectivity index (χ4v) is 2.28. The zero-order chi connectivity index (χ0) is 9.97. The summed E-state index contributed by atoms with van der Waals surface area (Å²) in [4.78, 5) is 0. The summed E-state index contributed by atoms with van der Waals surface area (Å²) in [5.41, 5.74) is 8.10. The van der Waals surface area contributed by atoms with Crippen molar-refractivity contribution >= 4 is 22.9 Å². The molecule has 0 radical (unpaired) electrons. The molecule has 0 bridgehead atoms. The van der Waals surface area contributed by atoms with E-state index in [0.717, 1.165) is 12.0 Å². The summed E-state index contributed by atoms with van der Waals surface area (Å²) in [7, 11) is 0. The summed E-state index contributed by atoms with van der Waals surface area (Å²) < 4.78 is 4.99. The Labute approximate surface area is 91.3 Å². The van der Waals surface area contributed by atoms with Gasteiger partial charge in [0, 0.05) is 11.6 Å². The molecule has 0 saturated heterocycles. The van der Waals surface area contributed by atoms with Crippen molar-refractivity contribution in [3.8, 4) is 0 Å². The molecule has 0 aliphatic heterocycles. The van der Waals surface area contributed by atoms with Crippen LogP contribution in [-0.4, -0.2) is 0 Å². The molecule has 0 saturated carbocycles. The molecule has 0 aromatic carbocycles. The average Bonchev–Trinajstić information content (AvgIpc) is 2.75. The topological polar surface area (TPSA) is 39.2 Å². The third kappa shape index (κ3) is 2.00. The van der Waals surface area contributed by atoms with E-state index in [4.69, 9.17) is 21.8 Å². The van der Waals surface area contributed by atoms with Gasteiger partial charge in [-0.15, -0.1) is 0 Å². The summed E-state index contributed by atoms with van der Waals surface area (Å²) in [6.07, 6.45) is 2.36. The lowest BCUT2D eigenvalue weighted by molar-refractivity contribution is 0.560. The van der Waals surface area contributed by atoms with Gasteiger partial charge in [0.25, 0.3) is 0 Å². The number of hydrogen-bond donors (Lipinski definition) is 1. The molecule has 2 aromatic rings. The predicted octanol–water partition coefficient (Wildman–Crippen LogP) is 3.24. The maximum atomic E-state index is 5.99. The van der Waals surface area contributed by atoms with E-state index in [1.54, 1.807) is 17.6 Å². The quantitative estimate of drug-likeness (QED) is 0.875. The lowest BCUT2D eigenvalue weighted by Crippen LogP contribution is -2.12. The summed E-state index contributed by atoms with van der Waals surface area (Å²) in [6, 6.07) is 3.80. The molecular formula is C10H10ClNOS. The fraction of sp³-hybridized carbons (Fsp3) is 0.200. The third-order valence-corrected chi connectivity index (χ3v) is 3.12. The molecule has 1 unspecified atom stereocenters. The van der Waals surface area contributed by atoms with Gasteiger partial charge in [-0.1, -0.05) is 0 Å². The molecule has 2 rings (SSSR count). The normalized spacial score (nSPS) is 13.0. The van der Waals surface area contributed by atoms with Crippen molar-refractivity contribution in [2.24, 2.45) is 5.73 Å². The molecule has 0 aliphatic carbocycles. The highest BCUT2D eigenvalue weighted by molar-refractivity contribution is 7.07. The van der Waals surface area contributed by atoms with E-state index in [9.17, 15) is 0 Å². The van der Waals surface area contributed by atoms with Gasteiger partial charge in [0.05, 0.1) is 6.26 Å². The summed E-state index contributed by atoms with van der Waals surface area (Å²) in [6.45, 7) is 0. The van der Waals surface area contributed by atoms with E-state index in [1.165, 1.54) is 5.56 Å². The van der Waals surface area contributed by atoms with Crippen LogP contribution in [0.25, 0.3) is 0 Å². The molecule has 0 spiro atoms. The number of furan rings is 1. The largest absolute Gasteiger partial charge is 0.453 e. The van der Waals surface area contributed by atoms with Gasteiger partial charge in [0.1, 0.15) is 0 Å². The highest BCUT2D eigenvalue weighted by Crippen LogP contribution is 2.25. The van der Waals surface area contributed by atoms with E-state index in [2.05, 4.69) is 11.4 Å². The Balaban J connectivity index is 2.10. The molecule has 0 aliphatic rings. The summed E-state index contributed by atoms with van der Waals surface area (Å²) >= 11 is 7.50. The van der Waals surface area contributed by atoms with Crippen molar-refractivity contribution in [1.29, 1.82) is 0 Å². The molecular weight excluding hydrogens is 218 g/mol. The Morgan fingerprint density at radius 3 is 2.93 bits per heavy atom. The molecule has 4 heteroatoms. The molecule has 74 valence electrons. The zero-order valence-electron chi connectivity index (χ0n) is 7.44. The van der Waals surface area contributed by atoms with Crippen LogP contribution in [0.2, 0.25) is 5.22 Å². The number of halogens is 1. The van der Waals surface area contributed by atoms with Gasteiger partial charge >= 0.3 is 0 Å². The maximum Gasteiger partial charge on any atom is 0.197 e. The molecule has 0 fully saturated rings. The lowest BCUT2D eigenvalue weighted by Gasteiger charge is -2.07. The van der Waals surface area contributed by atoms with Crippen LogP contribution in [0, 0.1) is 0 Å². The molecule has 0 amide bonds. The molecule has 2 nitrogen and oxygen atoms in total. The molecule has 2 aromatic heterocycles. The smallest absolute Gasteiger partial charge is 0.197 e. The Morgan fingerprint density at radius 1 is 1.50 bits per heavy atom. The van der Waals surface area contributed by atoms with E-state index in [1.807, 2.05) is 11.4 Å². The molecule has 14 heavy (non-hydrogen) atoms. The van der Waals surface area contributed by atoms with Gasteiger partial charge in [0.2, 0.25) is 0 Å². The molecule has 2 N–H and O–H groups in total. The van der Waals surface area contributed by atoms with Crippen LogP contribution in [0.15, 0.2) is 33.6 Å². The Hall–Kier alpha value is -0.770. The number of nitrogens with two attached hydrogens (primary N) is 1. The van der Waals surface area contributed by atoms with Crippen LogP contribution in [-0.2, 0) is 6.42 Å². The van der Waals surface area contributed by atoms with Crippen molar-refractivity contribution in [1.82, 2.24) is 0 Å². The summed E-state index contributed by atoms with van der Waals surface area (Å²) in [5.74, 6) is 0. The van der Waals surface area contributed by atoms with Crippen molar-refractivity contribution in [2.45, 2.75) is 12.5 Å². The number of thiophene rings is 1. The highest BCUT2D eigenvalue weighted by Gasteiger charge is 2.13. The van der Waals surface area contributed by atoms with Crippen molar-refractivity contribution in [3.63, 3.8) is 0 Å². The van der Waals surface area contributed by atoms with Gasteiger partial charge in [-0.05, 0) is 46.5 Å². The number of rotatable bonds is 3. The first-order valence-electron chi connectivity index (χ1n) is 4.27. The zero-order valence-corrected chi connectivity index (χ0v) is 9.02. The SMILES string of the molecule is NC(Cc1ccsc1)c1ccoc1Cl. The monoisotopic (exact) mass is 227 g/mol. The van der Waals surface area contributed by atoms with Crippen LogP contribution in [0.3, 0.4) is 0 Å². The first kappa shape index (κ1) is 9.77. The predicted molar refractivity (Wildman–Crippen MR) is 58.7 cm³/mol. The van der Waals surface area contributed by atoms with Crippen LogP contribution in [0.4, 0.5) is 0 Å².